The third kappa shape index (κ3) is 3.05. The Morgan fingerprint density at radius 3 is 2.71 bits per heavy atom. The quantitative estimate of drug-likeness (QED) is 0.764. The summed E-state index contributed by atoms with van der Waals surface area (Å²) in [5.41, 5.74) is 1.90. The molecule has 1 aromatic carbocycles. The first-order valence-electron chi connectivity index (χ1n) is 7.99. The summed E-state index contributed by atoms with van der Waals surface area (Å²) in [5, 5.41) is 1.88. The van der Waals surface area contributed by atoms with Crippen molar-refractivity contribution in [2.75, 3.05) is 31.1 Å². The molecular weight excluding hydrogens is 327 g/mol. The number of nitrogens with zero attached hydrogens (tertiary/aromatic N) is 3. The van der Waals surface area contributed by atoms with Gasteiger partial charge < -0.3 is 9.80 Å². The van der Waals surface area contributed by atoms with Crippen LogP contribution in [-0.2, 0) is 6.54 Å². The molecule has 0 radical (unpaired) electrons. The molecule has 2 aromatic heterocycles. The first-order chi connectivity index (χ1) is 11.7. The molecule has 0 atom stereocenters. The summed E-state index contributed by atoms with van der Waals surface area (Å²) in [6.07, 6.45) is 1.76. The lowest BCUT2D eigenvalue weighted by Gasteiger charge is -2.33. The average molecular weight is 345 g/mol. The van der Waals surface area contributed by atoms with E-state index in [4.69, 9.17) is 0 Å². The lowest BCUT2D eigenvalue weighted by atomic mass is 10.2. The Labute approximate surface area is 142 Å². The fourth-order valence-corrected chi connectivity index (χ4v) is 3.88. The van der Waals surface area contributed by atoms with Crippen molar-refractivity contribution < 1.29 is 9.29 Å². The van der Waals surface area contributed by atoms with Crippen LogP contribution < -0.4 is 15.4 Å². The van der Waals surface area contributed by atoms with Crippen LogP contribution in [0.2, 0.25) is 0 Å². The van der Waals surface area contributed by atoms with Crippen molar-refractivity contribution >= 4 is 22.0 Å². The summed E-state index contributed by atoms with van der Waals surface area (Å²) < 4.78 is 14.6. The van der Waals surface area contributed by atoms with Crippen molar-refractivity contribution in [2.45, 2.75) is 6.54 Å². The molecule has 4 rings (SSSR count). The molecule has 0 aliphatic carbocycles. The Morgan fingerprint density at radius 2 is 1.96 bits per heavy atom. The molecule has 0 bridgehead atoms. The average Bonchev–Trinajstić information content (AvgIpc) is 3.05. The number of fused-ring (bicyclic) bond motifs is 1. The van der Waals surface area contributed by atoms with Crippen LogP contribution in [-0.4, -0.2) is 35.6 Å². The zero-order valence-electron chi connectivity index (χ0n) is 13.1. The van der Waals surface area contributed by atoms with Crippen LogP contribution in [0.25, 0.3) is 4.96 Å². The predicted molar refractivity (Wildman–Crippen MR) is 92.4 cm³/mol. The van der Waals surface area contributed by atoms with Crippen LogP contribution in [0.15, 0.2) is 46.7 Å². The number of aromatic nitrogens is 2. The van der Waals surface area contributed by atoms with Gasteiger partial charge in [0.2, 0.25) is 0 Å². The minimum Gasteiger partial charge on any atom is -0.360 e. The maximum atomic E-state index is 13.0. The summed E-state index contributed by atoms with van der Waals surface area (Å²) in [6, 6.07) is 8.30. The number of benzene rings is 1. The Morgan fingerprint density at radius 1 is 1.21 bits per heavy atom. The molecule has 7 heteroatoms. The van der Waals surface area contributed by atoms with Crippen LogP contribution in [0.3, 0.4) is 0 Å². The molecule has 1 saturated heterocycles. The number of rotatable bonds is 3. The van der Waals surface area contributed by atoms with Crippen molar-refractivity contribution in [3.8, 4) is 0 Å². The number of thiazole rings is 1. The molecule has 1 fully saturated rings. The van der Waals surface area contributed by atoms with E-state index in [-0.39, 0.29) is 11.4 Å². The number of quaternary nitrogens is 1. The molecule has 0 saturated carbocycles. The monoisotopic (exact) mass is 345 g/mol. The largest absolute Gasteiger partial charge is 0.360 e. The lowest BCUT2D eigenvalue weighted by Crippen LogP contribution is -3.13. The number of hydrogen-bond donors (Lipinski definition) is 1. The van der Waals surface area contributed by atoms with Crippen molar-refractivity contribution in [2.24, 2.45) is 0 Å². The lowest BCUT2D eigenvalue weighted by molar-refractivity contribution is -0.914. The van der Waals surface area contributed by atoms with E-state index >= 15 is 0 Å². The van der Waals surface area contributed by atoms with Gasteiger partial charge >= 0.3 is 0 Å². The van der Waals surface area contributed by atoms with Gasteiger partial charge in [0.1, 0.15) is 18.1 Å². The summed E-state index contributed by atoms with van der Waals surface area (Å²) in [7, 11) is 0. The first-order valence-corrected chi connectivity index (χ1v) is 8.87. The molecule has 1 aliphatic heterocycles. The third-order valence-corrected chi connectivity index (χ3v) is 5.21. The topological polar surface area (TPSA) is 42.0 Å². The van der Waals surface area contributed by atoms with E-state index < -0.39 is 0 Å². The van der Waals surface area contributed by atoms with Gasteiger partial charge in [0.05, 0.1) is 26.2 Å². The molecule has 0 spiro atoms. The van der Waals surface area contributed by atoms with Crippen LogP contribution in [0, 0.1) is 5.82 Å². The number of anilines is 1. The number of nitrogens with one attached hydrogen (secondary N) is 1. The zero-order chi connectivity index (χ0) is 16.5. The van der Waals surface area contributed by atoms with Gasteiger partial charge in [0.15, 0.2) is 4.96 Å². The molecule has 1 aliphatic rings. The van der Waals surface area contributed by atoms with E-state index in [9.17, 15) is 9.18 Å². The van der Waals surface area contributed by atoms with Gasteiger partial charge in [0, 0.05) is 23.3 Å². The summed E-state index contributed by atoms with van der Waals surface area (Å²) in [5.74, 6) is -0.204. The van der Waals surface area contributed by atoms with Gasteiger partial charge in [-0.05, 0) is 24.3 Å². The van der Waals surface area contributed by atoms with E-state index in [0.717, 1.165) is 49.1 Å². The molecule has 0 unspecified atom stereocenters. The Hall–Kier alpha value is -2.25. The van der Waals surface area contributed by atoms with Crippen LogP contribution in [0.5, 0.6) is 0 Å². The maximum Gasteiger partial charge on any atom is 0.258 e. The highest BCUT2D eigenvalue weighted by molar-refractivity contribution is 7.15. The highest BCUT2D eigenvalue weighted by Gasteiger charge is 2.21. The molecule has 24 heavy (non-hydrogen) atoms. The maximum absolute atomic E-state index is 13.0. The van der Waals surface area contributed by atoms with E-state index in [1.165, 1.54) is 28.4 Å². The van der Waals surface area contributed by atoms with E-state index in [1.807, 2.05) is 17.5 Å². The van der Waals surface area contributed by atoms with Crippen molar-refractivity contribution in [3.05, 3.63) is 63.8 Å². The van der Waals surface area contributed by atoms with Gasteiger partial charge in [-0.3, -0.25) is 9.20 Å². The van der Waals surface area contributed by atoms with Gasteiger partial charge in [0.25, 0.3) is 5.56 Å². The normalized spacial score (nSPS) is 16.0. The molecular formula is C17H18FN4OS+. The minimum absolute atomic E-state index is 0.0133. The smallest absolute Gasteiger partial charge is 0.258 e. The van der Waals surface area contributed by atoms with Crippen LogP contribution in [0.4, 0.5) is 10.1 Å². The fourth-order valence-electron chi connectivity index (χ4n) is 3.14. The van der Waals surface area contributed by atoms with Gasteiger partial charge in [-0.1, -0.05) is 0 Å². The second-order valence-corrected chi connectivity index (χ2v) is 6.90. The van der Waals surface area contributed by atoms with Crippen LogP contribution >= 0.6 is 11.3 Å². The third-order valence-electron chi connectivity index (χ3n) is 4.45. The number of halogens is 1. The van der Waals surface area contributed by atoms with Gasteiger partial charge in [-0.2, -0.15) is 0 Å². The Bertz CT molecular complexity index is 897. The van der Waals surface area contributed by atoms with Crippen LogP contribution in [0.1, 0.15) is 5.69 Å². The highest BCUT2D eigenvalue weighted by Crippen LogP contribution is 2.14. The van der Waals surface area contributed by atoms with Crippen molar-refractivity contribution in [3.63, 3.8) is 0 Å². The van der Waals surface area contributed by atoms with E-state index in [1.54, 1.807) is 16.7 Å². The number of piperazine rings is 1. The van der Waals surface area contributed by atoms with Crippen molar-refractivity contribution in [1.82, 2.24) is 9.38 Å². The molecule has 0 amide bonds. The standard InChI is InChI=1S/C17H17FN4OS/c18-13-1-3-15(4-2-13)21-7-5-20(6-8-21)12-14-11-16(23)22-9-10-24-17(22)19-14/h1-4,9-11H,5-8,12H2/p+1. The summed E-state index contributed by atoms with van der Waals surface area (Å²) >= 11 is 1.48. The van der Waals surface area contributed by atoms with E-state index in [2.05, 4.69) is 9.88 Å². The molecule has 1 N–H and O–H groups in total. The SMILES string of the molecule is O=c1cc(C[NH+]2CCN(c3ccc(F)cc3)CC2)nc2sccn12. The van der Waals surface area contributed by atoms with Crippen molar-refractivity contribution in [1.29, 1.82) is 0 Å². The van der Waals surface area contributed by atoms with Gasteiger partial charge in [-0.15, -0.1) is 11.3 Å². The molecule has 124 valence electrons. The summed E-state index contributed by atoms with van der Waals surface area (Å²) in [6.45, 7) is 4.55. The second-order valence-electron chi connectivity index (χ2n) is 6.03. The second kappa shape index (κ2) is 6.33. The molecule has 3 heterocycles. The van der Waals surface area contributed by atoms with E-state index in [0.29, 0.717) is 0 Å². The van der Waals surface area contributed by atoms with Gasteiger partial charge in [-0.25, -0.2) is 9.37 Å². The summed E-state index contributed by atoms with van der Waals surface area (Å²) in [4.78, 5) is 21.1. The fraction of sp³-hybridized carbons (Fsp3) is 0.294. The first kappa shape index (κ1) is 15.3. The predicted octanol–water partition coefficient (Wildman–Crippen LogP) is 0.800. The molecule has 5 nitrogen and oxygen atoms in total. The molecule has 3 aromatic rings. The Kier molecular flexibility index (Phi) is 4.03. The Balaban J connectivity index is 1.42. The number of hydrogen-bond acceptors (Lipinski definition) is 4. The highest BCUT2D eigenvalue weighted by atomic mass is 32.1. The minimum atomic E-state index is -0.204. The zero-order valence-corrected chi connectivity index (χ0v) is 13.9.